The first kappa shape index (κ1) is 16.2. The monoisotopic (exact) mass is 283 g/mol. The van der Waals surface area contributed by atoms with Crippen LogP contribution in [0.3, 0.4) is 0 Å². The summed E-state index contributed by atoms with van der Waals surface area (Å²) >= 11 is 0. The van der Waals surface area contributed by atoms with Gasteiger partial charge in [0.2, 0.25) is 0 Å². The summed E-state index contributed by atoms with van der Waals surface area (Å²) in [7, 11) is 0. The highest BCUT2D eigenvalue weighted by Gasteiger charge is 2.40. The van der Waals surface area contributed by atoms with E-state index >= 15 is 0 Å². The Morgan fingerprint density at radius 2 is 1.95 bits per heavy atom. The molecule has 0 aromatic heterocycles. The lowest BCUT2D eigenvalue weighted by Gasteiger charge is -2.52. The van der Waals surface area contributed by atoms with Crippen LogP contribution in [0.4, 0.5) is 0 Å². The quantitative estimate of drug-likeness (QED) is 0.819. The predicted molar refractivity (Wildman–Crippen MR) is 83.7 cm³/mol. The number of hydrogen-bond donors (Lipinski definition) is 2. The van der Waals surface area contributed by atoms with E-state index in [1.54, 1.807) is 0 Å². The lowest BCUT2D eigenvalue weighted by Crippen LogP contribution is -2.66. The van der Waals surface area contributed by atoms with Gasteiger partial charge in [0.1, 0.15) is 0 Å². The molecule has 2 heterocycles. The first-order chi connectivity index (χ1) is 9.34. The molecule has 2 aliphatic rings. The van der Waals surface area contributed by atoms with E-state index in [4.69, 9.17) is 5.73 Å². The molecule has 0 spiro atoms. The average Bonchev–Trinajstić information content (AvgIpc) is 2.39. The molecule has 0 aromatic rings. The van der Waals surface area contributed by atoms with Crippen molar-refractivity contribution in [3.05, 3.63) is 0 Å². The third kappa shape index (κ3) is 3.35. The van der Waals surface area contributed by atoms with Gasteiger partial charge >= 0.3 is 0 Å². The molecule has 0 saturated carbocycles. The van der Waals surface area contributed by atoms with Crippen molar-refractivity contribution in [3.63, 3.8) is 0 Å². The fraction of sp³-hybridized carbons (Fsp3) is 1.00. The number of nitrogens with two attached hydrogens (primary N) is 1. The molecule has 3 N–H and O–H groups in total. The van der Waals surface area contributed by atoms with E-state index in [-0.39, 0.29) is 24.1 Å². The van der Waals surface area contributed by atoms with Crippen molar-refractivity contribution in [3.8, 4) is 0 Å². The molecule has 4 nitrogen and oxygen atoms in total. The fourth-order valence-corrected chi connectivity index (χ4v) is 3.84. The zero-order valence-corrected chi connectivity index (χ0v) is 13.7. The van der Waals surface area contributed by atoms with E-state index in [0.29, 0.717) is 12.1 Å². The van der Waals surface area contributed by atoms with Crippen LogP contribution in [0.15, 0.2) is 0 Å². The number of piperidine rings is 1. The maximum Gasteiger partial charge on any atom is 0.0602 e. The third-order valence-corrected chi connectivity index (χ3v) is 5.26. The minimum absolute atomic E-state index is 0.00471. The van der Waals surface area contributed by atoms with Crippen molar-refractivity contribution >= 4 is 0 Å². The maximum absolute atomic E-state index is 9.89. The standard InChI is InChI=1S/C16H33N3O/c1-12-9-18-8-6-5-7-13(18)10-19(12)14(11-20)15(17)16(2,3)4/h12-15,20H,5-11,17H2,1-4H3. The van der Waals surface area contributed by atoms with Gasteiger partial charge in [-0.05, 0) is 31.7 Å². The van der Waals surface area contributed by atoms with Gasteiger partial charge in [-0.3, -0.25) is 9.80 Å². The van der Waals surface area contributed by atoms with E-state index in [1.807, 2.05) is 0 Å². The smallest absolute Gasteiger partial charge is 0.0602 e. The van der Waals surface area contributed by atoms with E-state index in [2.05, 4.69) is 37.5 Å². The minimum atomic E-state index is 0.00471. The fourth-order valence-electron chi connectivity index (χ4n) is 3.84. The van der Waals surface area contributed by atoms with Crippen LogP contribution in [-0.4, -0.2) is 65.3 Å². The number of nitrogens with zero attached hydrogens (tertiary/aromatic N) is 2. The molecule has 2 saturated heterocycles. The van der Waals surface area contributed by atoms with Crippen molar-refractivity contribution in [2.24, 2.45) is 11.1 Å². The van der Waals surface area contributed by atoms with Crippen molar-refractivity contribution in [2.75, 3.05) is 26.2 Å². The molecule has 4 unspecified atom stereocenters. The van der Waals surface area contributed by atoms with E-state index in [1.165, 1.54) is 25.8 Å². The van der Waals surface area contributed by atoms with Crippen LogP contribution in [0.25, 0.3) is 0 Å². The Balaban J connectivity index is 2.09. The zero-order valence-electron chi connectivity index (χ0n) is 13.7. The van der Waals surface area contributed by atoms with Crippen LogP contribution < -0.4 is 5.73 Å². The van der Waals surface area contributed by atoms with Gasteiger partial charge in [0.15, 0.2) is 0 Å². The Morgan fingerprint density at radius 1 is 1.25 bits per heavy atom. The highest BCUT2D eigenvalue weighted by atomic mass is 16.3. The summed E-state index contributed by atoms with van der Waals surface area (Å²) in [5.41, 5.74) is 6.48. The normalized spacial score (nSPS) is 32.7. The second-order valence-corrected chi connectivity index (χ2v) is 7.83. The van der Waals surface area contributed by atoms with Crippen LogP contribution in [0, 0.1) is 5.41 Å². The number of aliphatic hydroxyl groups is 1. The topological polar surface area (TPSA) is 52.7 Å². The minimum Gasteiger partial charge on any atom is -0.395 e. The van der Waals surface area contributed by atoms with Crippen molar-refractivity contribution in [2.45, 2.75) is 71.1 Å². The average molecular weight is 283 g/mol. The molecule has 2 rings (SSSR count). The highest BCUT2D eigenvalue weighted by molar-refractivity contribution is 4.97. The number of fused-ring (bicyclic) bond motifs is 1. The van der Waals surface area contributed by atoms with E-state index in [9.17, 15) is 5.11 Å². The van der Waals surface area contributed by atoms with Crippen molar-refractivity contribution in [1.29, 1.82) is 0 Å². The van der Waals surface area contributed by atoms with Gasteiger partial charge in [0.05, 0.1) is 6.61 Å². The Kier molecular flexibility index (Phi) is 5.11. The van der Waals surface area contributed by atoms with Gasteiger partial charge in [0.25, 0.3) is 0 Å². The Morgan fingerprint density at radius 3 is 2.55 bits per heavy atom. The molecule has 0 aliphatic carbocycles. The van der Waals surface area contributed by atoms with Gasteiger partial charge in [-0.25, -0.2) is 0 Å². The molecule has 2 aliphatic heterocycles. The maximum atomic E-state index is 9.89. The van der Waals surface area contributed by atoms with Gasteiger partial charge < -0.3 is 10.8 Å². The highest BCUT2D eigenvalue weighted by Crippen LogP contribution is 2.29. The molecular formula is C16H33N3O. The largest absolute Gasteiger partial charge is 0.395 e. The summed E-state index contributed by atoms with van der Waals surface area (Å²) < 4.78 is 0. The second kappa shape index (κ2) is 6.30. The Bertz CT molecular complexity index is 315. The van der Waals surface area contributed by atoms with Crippen LogP contribution in [0.1, 0.15) is 47.0 Å². The second-order valence-electron chi connectivity index (χ2n) is 7.83. The Labute approximate surface area is 124 Å². The predicted octanol–water partition coefficient (Wildman–Crippen LogP) is 1.28. The van der Waals surface area contributed by atoms with E-state index in [0.717, 1.165) is 13.1 Å². The van der Waals surface area contributed by atoms with Crippen LogP contribution in [0.2, 0.25) is 0 Å². The first-order valence-corrected chi connectivity index (χ1v) is 8.21. The molecule has 2 fully saturated rings. The zero-order chi connectivity index (χ0) is 14.9. The van der Waals surface area contributed by atoms with Gasteiger partial charge in [-0.1, -0.05) is 27.2 Å². The van der Waals surface area contributed by atoms with Gasteiger partial charge in [-0.15, -0.1) is 0 Å². The van der Waals surface area contributed by atoms with Crippen LogP contribution >= 0.6 is 0 Å². The molecule has 0 bridgehead atoms. The van der Waals surface area contributed by atoms with E-state index < -0.39 is 0 Å². The molecule has 20 heavy (non-hydrogen) atoms. The molecule has 118 valence electrons. The lowest BCUT2D eigenvalue weighted by molar-refractivity contribution is -0.0370. The van der Waals surface area contributed by atoms with Crippen LogP contribution in [0.5, 0.6) is 0 Å². The summed E-state index contributed by atoms with van der Waals surface area (Å²) in [6.45, 7) is 12.4. The summed E-state index contributed by atoms with van der Waals surface area (Å²) in [4.78, 5) is 5.12. The summed E-state index contributed by atoms with van der Waals surface area (Å²) in [5, 5.41) is 9.89. The van der Waals surface area contributed by atoms with Crippen molar-refractivity contribution < 1.29 is 5.11 Å². The lowest BCUT2D eigenvalue weighted by atomic mass is 9.81. The summed E-state index contributed by atoms with van der Waals surface area (Å²) in [6.07, 6.45) is 3.98. The van der Waals surface area contributed by atoms with Gasteiger partial charge in [0, 0.05) is 37.3 Å². The number of aliphatic hydroxyl groups excluding tert-OH is 1. The SMILES string of the molecule is CC1CN2CCCCC2CN1C(CO)C(N)C(C)(C)C. The number of rotatable bonds is 3. The number of hydrogen-bond acceptors (Lipinski definition) is 4. The molecule has 0 aromatic carbocycles. The van der Waals surface area contributed by atoms with Crippen LogP contribution in [-0.2, 0) is 0 Å². The molecule has 0 radical (unpaired) electrons. The molecular weight excluding hydrogens is 250 g/mol. The molecule has 0 amide bonds. The molecule has 4 atom stereocenters. The van der Waals surface area contributed by atoms with Crippen molar-refractivity contribution in [1.82, 2.24) is 9.80 Å². The molecule has 4 heteroatoms. The summed E-state index contributed by atoms with van der Waals surface area (Å²) in [5.74, 6) is 0. The van der Waals surface area contributed by atoms with Gasteiger partial charge in [-0.2, -0.15) is 0 Å². The number of piperazine rings is 1. The Hall–Kier alpha value is -0.160. The summed E-state index contributed by atoms with van der Waals surface area (Å²) in [6, 6.07) is 1.23. The first-order valence-electron chi connectivity index (χ1n) is 8.21. The third-order valence-electron chi connectivity index (χ3n) is 5.26.